The highest BCUT2D eigenvalue weighted by Gasteiger charge is 2.06. The summed E-state index contributed by atoms with van der Waals surface area (Å²) in [5.41, 5.74) is 1.86. The van der Waals surface area contributed by atoms with Crippen molar-refractivity contribution in [1.82, 2.24) is 4.98 Å². The molecule has 2 rings (SSSR count). The van der Waals surface area contributed by atoms with Crippen molar-refractivity contribution in [1.29, 1.82) is 0 Å². The van der Waals surface area contributed by atoms with Crippen LogP contribution in [-0.2, 0) is 4.79 Å². The molecular weight excluding hydrogens is 248 g/mol. The Kier molecular flexibility index (Phi) is 3.94. The first kappa shape index (κ1) is 12.6. The Morgan fingerprint density at radius 2 is 2.11 bits per heavy atom. The van der Waals surface area contributed by atoms with Gasteiger partial charge in [-0.3, -0.25) is 4.79 Å². The van der Waals surface area contributed by atoms with Crippen LogP contribution in [0.2, 0.25) is 0 Å². The molecule has 0 unspecified atom stereocenters. The van der Waals surface area contributed by atoms with Gasteiger partial charge in [0.1, 0.15) is 5.75 Å². The summed E-state index contributed by atoms with van der Waals surface area (Å²) < 4.78 is 5.10. The van der Waals surface area contributed by atoms with Gasteiger partial charge in [0.25, 0.3) is 0 Å². The average molecular weight is 262 g/mol. The molecule has 0 bridgehead atoms. The summed E-state index contributed by atoms with van der Waals surface area (Å²) in [5.74, 6) is 0.791. The van der Waals surface area contributed by atoms with Gasteiger partial charge in [0.2, 0.25) is 5.91 Å². The number of methoxy groups -OCH3 is 1. The Morgan fingerprint density at radius 3 is 2.72 bits per heavy atom. The number of thiazole rings is 1. The molecule has 5 heteroatoms. The maximum atomic E-state index is 11.2. The number of hydrogen-bond acceptors (Lipinski definition) is 4. The number of carbonyl (C=O) groups excluding carboxylic acids is 1. The first-order valence-electron chi connectivity index (χ1n) is 5.62. The molecule has 0 aliphatic heterocycles. The van der Waals surface area contributed by atoms with E-state index in [1.165, 1.54) is 11.3 Å². The number of hydrogen-bond donors (Lipinski definition) is 1. The van der Waals surface area contributed by atoms with E-state index in [4.69, 9.17) is 4.74 Å². The van der Waals surface area contributed by atoms with Crippen LogP contribution < -0.4 is 10.1 Å². The van der Waals surface area contributed by atoms with Crippen LogP contribution in [0.15, 0.2) is 29.6 Å². The number of rotatable bonds is 4. The highest BCUT2D eigenvalue weighted by Crippen LogP contribution is 2.26. The number of anilines is 1. The third-order valence-corrected chi connectivity index (χ3v) is 3.22. The molecule has 0 atom stereocenters. The molecule has 1 aromatic carbocycles. The monoisotopic (exact) mass is 262 g/mol. The number of nitrogens with one attached hydrogen (secondary N) is 1. The van der Waals surface area contributed by atoms with Crippen LogP contribution in [0, 0.1) is 0 Å². The molecule has 1 aromatic heterocycles. The van der Waals surface area contributed by atoms with Crippen LogP contribution in [0.3, 0.4) is 0 Å². The number of nitrogens with zero attached hydrogens (tertiary/aromatic N) is 1. The highest BCUT2D eigenvalue weighted by molar-refractivity contribution is 7.14. The van der Waals surface area contributed by atoms with Gasteiger partial charge in [-0.2, -0.15) is 0 Å². The first-order chi connectivity index (χ1) is 8.72. The van der Waals surface area contributed by atoms with Gasteiger partial charge in [0.05, 0.1) is 12.8 Å². The highest BCUT2D eigenvalue weighted by atomic mass is 32.1. The molecule has 4 nitrogen and oxygen atoms in total. The zero-order chi connectivity index (χ0) is 13.0. The Hall–Kier alpha value is -1.88. The molecular formula is C13H14N2O2S. The fourth-order valence-electron chi connectivity index (χ4n) is 1.43. The summed E-state index contributed by atoms with van der Waals surface area (Å²) in [6.45, 7) is 1.81. The predicted octanol–water partition coefficient (Wildman–Crippen LogP) is 3.17. The lowest BCUT2D eigenvalue weighted by atomic mass is 10.2. The van der Waals surface area contributed by atoms with Crippen molar-refractivity contribution < 1.29 is 9.53 Å². The molecule has 1 amide bonds. The summed E-state index contributed by atoms with van der Waals surface area (Å²) in [5, 5.41) is 5.30. The molecule has 94 valence electrons. The smallest absolute Gasteiger partial charge is 0.225 e. The van der Waals surface area contributed by atoms with Crippen molar-refractivity contribution in [3.63, 3.8) is 0 Å². The minimum Gasteiger partial charge on any atom is -0.497 e. The van der Waals surface area contributed by atoms with E-state index in [1.54, 1.807) is 7.11 Å². The Balaban J connectivity index is 2.15. The van der Waals surface area contributed by atoms with Gasteiger partial charge in [0.15, 0.2) is 5.13 Å². The second kappa shape index (κ2) is 5.64. The van der Waals surface area contributed by atoms with Gasteiger partial charge in [-0.25, -0.2) is 4.98 Å². The zero-order valence-electron chi connectivity index (χ0n) is 10.3. The van der Waals surface area contributed by atoms with Gasteiger partial charge in [-0.05, 0) is 24.3 Å². The largest absolute Gasteiger partial charge is 0.497 e. The quantitative estimate of drug-likeness (QED) is 0.920. The van der Waals surface area contributed by atoms with Crippen molar-refractivity contribution in [2.45, 2.75) is 13.3 Å². The van der Waals surface area contributed by atoms with E-state index in [9.17, 15) is 4.79 Å². The molecule has 2 aromatic rings. The number of benzene rings is 1. The van der Waals surface area contributed by atoms with E-state index in [0.717, 1.165) is 17.0 Å². The summed E-state index contributed by atoms with van der Waals surface area (Å²) in [4.78, 5) is 15.6. The summed E-state index contributed by atoms with van der Waals surface area (Å²) in [6.07, 6.45) is 0.456. The molecule has 0 spiro atoms. The van der Waals surface area contributed by atoms with Crippen molar-refractivity contribution >= 4 is 22.4 Å². The van der Waals surface area contributed by atoms with Crippen LogP contribution in [0.25, 0.3) is 11.3 Å². The molecule has 1 heterocycles. The van der Waals surface area contributed by atoms with Crippen molar-refractivity contribution in [2.75, 3.05) is 12.4 Å². The molecule has 18 heavy (non-hydrogen) atoms. The summed E-state index contributed by atoms with van der Waals surface area (Å²) in [6, 6.07) is 7.66. The standard InChI is InChI=1S/C13H14N2O2S/c1-3-12(16)15-13-14-11(8-18-13)9-4-6-10(17-2)7-5-9/h4-8H,3H2,1-2H3,(H,14,15,16). The number of ether oxygens (including phenoxy) is 1. The minimum atomic E-state index is -0.0226. The summed E-state index contributed by atoms with van der Waals surface area (Å²) in [7, 11) is 1.64. The Morgan fingerprint density at radius 1 is 1.39 bits per heavy atom. The second-order valence-electron chi connectivity index (χ2n) is 3.67. The zero-order valence-corrected chi connectivity index (χ0v) is 11.1. The maximum Gasteiger partial charge on any atom is 0.225 e. The van der Waals surface area contributed by atoms with Gasteiger partial charge < -0.3 is 10.1 Å². The number of aromatic nitrogens is 1. The fraction of sp³-hybridized carbons (Fsp3) is 0.231. The molecule has 0 fully saturated rings. The van der Waals surface area contributed by atoms with E-state index in [2.05, 4.69) is 10.3 Å². The molecule has 0 aliphatic carbocycles. The lowest BCUT2D eigenvalue weighted by molar-refractivity contribution is -0.115. The van der Waals surface area contributed by atoms with Crippen molar-refractivity contribution in [3.05, 3.63) is 29.6 Å². The lowest BCUT2D eigenvalue weighted by Gasteiger charge is -2.00. The molecule has 0 saturated heterocycles. The van der Waals surface area contributed by atoms with Crippen LogP contribution >= 0.6 is 11.3 Å². The molecule has 0 radical (unpaired) electrons. The van der Waals surface area contributed by atoms with Crippen LogP contribution in [-0.4, -0.2) is 18.0 Å². The number of amides is 1. The van der Waals surface area contributed by atoms with E-state index < -0.39 is 0 Å². The van der Waals surface area contributed by atoms with E-state index >= 15 is 0 Å². The Bertz CT molecular complexity index is 534. The molecule has 0 aliphatic rings. The van der Waals surface area contributed by atoms with Crippen LogP contribution in [0.1, 0.15) is 13.3 Å². The van der Waals surface area contributed by atoms with E-state index in [1.807, 2.05) is 36.6 Å². The van der Waals surface area contributed by atoms with E-state index in [-0.39, 0.29) is 5.91 Å². The van der Waals surface area contributed by atoms with Crippen molar-refractivity contribution in [3.8, 4) is 17.0 Å². The minimum absolute atomic E-state index is 0.0226. The number of carbonyl (C=O) groups is 1. The van der Waals surface area contributed by atoms with Gasteiger partial charge >= 0.3 is 0 Å². The predicted molar refractivity (Wildman–Crippen MR) is 73.0 cm³/mol. The fourth-order valence-corrected chi connectivity index (χ4v) is 2.17. The molecule has 0 saturated carbocycles. The summed E-state index contributed by atoms with van der Waals surface area (Å²) >= 11 is 1.42. The molecule has 1 N–H and O–H groups in total. The normalized spacial score (nSPS) is 10.1. The van der Waals surface area contributed by atoms with Gasteiger partial charge in [0, 0.05) is 17.4 Å². The average Bonchev–Trinajstić information content (AvgIpc) is 2.87. The third kappa shape index (κ3) is 2.87. The van der Waals surface area contributed by atoms with Gasteiger partial charge in [-0.1, -0.05) is 6.92 Å². The first-order valence-corrected chi connectivity index (χ1v) is 6.50. The lowest BCUT2D eigenvalue weighted by Crippen LogP contribution is -2.08. The van der Waals surface area contributed by atoms with Crippen molar-refractivity contribution in [2.24, 2.45) is 0 Å². The van der Waals surface area contributed by atoms with Crippen LogP contribution in [0.4, 0.5) is 5.13 Å². The SMILES string of the molecule is CCC(=O)Nc1nc(-c2ccc(OC)cc2)cs1. The van der Waals surface area contributed by atoms with Gasteiger partial charge in [-0.15, -0.1) is 11.3 Å². The topological polar surface area (TPSA) is 51.2 Å². The third-order valence-electron chi connectivity index (χ3n) is 2.46. The van der Waals surface area contributed by atoms with E-state index in [0.29, 0.717) is 11.6 Å². The Labute approximate surface area is 110 Å². The van der Waals surface area contributed by atoms with Crippen LogP contribution in [0.5, 0.6) is 5.75 Å². The second-order valence-corrected chi connectivity index (χ2v) is 4.53. The maximum absolute atomic E-state index is 11.2.